The summed E-state index contributed by atoms with van der Waals surface area (Å²) >= 11 is 0. The minimum atomic E-state index is -0.0852. The number of ether oxygens (including phenoxy) is 1. The summed E-state index contributed by atoms with van der Waals surface area (Å²) in [4.78, 5) is 4.27. The zero-order valence-electron chi connectivity index (χ0n) is 11.2. The first-order chi connectivity index (χ1) is 8.07. The third kappa shape index (κ3) is 5.04. The smallest absolute Gasteiger partial charge is 0.127 e. The fourth-order valence-corrected chi connectivity index (χ4v) is 1.65. The van der Waals surface area contributed by atoms with Crippen LogP contribution in [0.4, 0.5) is 11.5 Å². The van der Waals surface area contributed by atoms with E-state index in [-0.39, 0.29) is 5.54 Å². The lowest BCUT2D eigenvalue weighted by Crippen LogP contribution is -2.35. The van der Waals surface area contributed by atoms with E-state index in [1.165, 1.54) is 0 Å². The molecule has 1 rings (SSSR count). The van der Waals surface area contributed by atoms with Gasteiger partial charge in [0.25, 0.3) is 0 Å². The minimum absolute atomic E-state index is 0.0852. The highest BCUT2D eigenvalue weighted by atomic mass is 16.5. The van der Waals surface area contributed by atoms with E-state index in [1.54, 1.807) is 7.11 Å². The molecule has 1 aromatic heterocycles. The van der Waals surface area contributed by atoms with Gasteiger partial charge in [-0.05, 0) is 26.3 Å². The molecule has 4 heteroatoms. The number of pyridine rings is 1. The van der Waals surface area contributed by atoms with Crippen molar-refractivity contribution in [1.29, 1.82) is 0 Å². The Morgan fingerprint density at radius 2 is 2.18 bits per heavy atom. The maximum Gasteiger partial charge on any atom is 0.127 e. The van der Waals surface area contributed by atoms with E-state index in [2.05, 4.69) is 36.4 Å². The van der Waals surface area contributed by atoms with Gasteiger partial charge >= 0.3 is 0 Å². The Morgan fingerprint density at radius 1 is 1.41 bits per heavy atom. The number of anilines is 2. The molecule has 0 aliphatic rings. The maximum absolute atomic E-state index is 5.18. The van der Waals surface area contributed by atoms with E-state index in [0.717, 1.165) is 24.5 Å². The zero-order valence-corrected chi connectivity index (χ0v) is 11.2. The summed E-state index contributed by atoms with van der Waals surface area (Å²) in [6.07, 6.45) is 2.90. The molecule has 0 spiro atoms. The van der Waals surface area contributed by atoms with E-state index < -0.39 is 0 Å². The predicted octanol–water partition coefficient (Wildman–Crippen LogP) is 2.74. The van der Waals surface area contributed by atoms with Crippen molar-refractivity contribution in [1.82, 2.24) is 4.98 Å². The van der Waals surface area contributed by atoms with Gasteiger partial charge in [0.15, 0.2) is 0 Å². The van der Waals surface area contributed by atoms with Gasteiger partial charge in [-0.3, -0.25) is 0 Å². The van der Waals surface area contributed by atoms with Crippen LogP contribution in [0.15, 0.2) is 18.3 Å². The largest absolute Gasteiger partial charge is 0.382 e. The Hall–Kier alpha value is -1.29. The molecule has 0 aliphatic carbocycles. The van der Waals surface area contributed by atoms with Crippen molar-refractivity contribution < 1.29 is 4.74 Å². The highest BCUT2D eigenvalue weighted by molar-refractivity contribution is 5.53. The van der Waals surface area contributed by atoms with Gasteiger partial charge in [-0.2, -0.15) is 0 Å². The average molecular weight is 237 g/mol. The van der Waals surface area contributed by atoms with Crippen LogP contribution in [0.5, 0.6) is 0 Å². The second-order valence-electron chi connectivity index (χ2n) is 4.80. The molecule has 0 aliphatic heterocycles. The van der Waals surface area contributed by atoms with Crippen molar-refractivity contribution in [3.63, 3.8) is 0 Å². The van der Waals surface area contributed by atoms with Gasteiger partial charge in [-0.25, -0.2) is 4.98 Å². The van der Waals surface area contributed by atoms with E-state index in [1.807, 2.05) is 18.3 Å². The van der Waals surface area contributed by atoms with Gasteiger partial charge in [0.1, 0.15) is 5.82 Å². The molecule has 2 N–H and O–H groups in total. The summed E-state index contributed by atoms with van der Waals surface area (Å²) in [7, 11) is 1.71. The normalized spacial score (nSPS) is 11.3. The van der Waals surface area contributed by atoms with E-state index >= 15 is 0 Å². The lowest BCUT2D eigenvalue weighted by molar-refractivity contribution is 0.158. The zero-order chi connectivity index (χ0) is 12.7. The Bertz CT molecular complexity index is 339. The van der Waals surface area contributed by atoms with E-state index in [4.69, 9.17) is 4.74 Å². The van der Waals surface area contributed by atoms with Crippen molar-refractivity contribution >= 4 is 11.5 Å². The van der Waals surface area contributed by atoms with Gasteiger partial charge in [0.05, 0.1) is 12.1 Å². The van der Waals surface area contributed by atoms with Crippen LogP contribution in [0.2, 0.25) is 0 Å². The molecule has 0 bridgehead atoms. The fourth-order valence-electron chi connectivity index (χ4n) is 1.65. The molecule has 0 saturated carbocycles. The number of nitrogens with one attached hydrogen (secondary N) is 2. The Balaban J connectivity index is 2.64. The summed E-state index contributed by atoms with van der Waals surface area (Å²) in [6.45, 7) is 7.95. The molecule has 0 unspecified atom stereocenters. The van der Waals surface area contributed by atoms with Crippen LogP contribution >= 0.6 is 0 Å². The van der Waals surface area contributed by atoms with Crippen LogP contribution in [0.3, 0.4) is 0 Å². The lowest BCUT2D eigenvalue weighted by atomic mass is 10.1. The Labute approximate surface area is 104 Å². The molecule has 0 radical (unpaired) electrons. The van der Waals surface area contributed by atoms with Crippen molar-refractivity contribution in [2.75, 3.05) is 30.9 Å². The molecule has 0 aromatic carbocycles. The standard InChI is InChI=1S/C13H23N3O/c1-5-7-14-12-9-11(6-8-15-12)16-13(2,3)10-17-4/h6,8-9H,5,7,10H2,1-4H3,(H2,14,15,16). The molecular weight excluding hydrogens is 214 g/mol. The van der Waals surface area contributed by atoms with Crippen molar-refractivity contribution in [2.45, 2.75) is 32.7 Å². The maximum atomic E-state index is 5.18. The van der Waals surface area contributed by atoms with Crippen molar-refractivity contribution in [3.05, 3.63) is 18.3 Å². The third-order valence-corrected chi connectivity index (χ3v) is 2.30. The van der Waals surface area contributed by atoms with Gasteiger partial charge < -0.3 is 15.4 Å². The van der Waals surface area contributed by atoms with Crippen LogP contribution < -0.4 is 10.6 Å². The number of hydrogen-bond acceptors (Lipinski definition) is 4. The first kappa shape index (κ1) is 13.8. The number of methoxy groups -OCH3 is 1. The van der Waals surface area contributed by atoms with Crippen molar-refractivity contribution in [2.24, 2.45) is 0 Å². The second kappa shape index (κ2) is 6.45. The lowest BCUT2D eigenvalue weighted by Gasteiger charge is -2.26. The summed E-state index contributed by atoms with van der Waals surface area (Å²) in [5.74, 6) is 0.907. The summed E-state index contributed by atoms with van der Waals surface area (Å²) < 4.78 is 5.18. The minimum Gasteiger partial charge on any atom is -0.382 e. The van der Waals surface area contributed by atoms with Crippen molar-refractivity contribution in [3.8, 4) is 0 Å². The molecule has 0 fully saturated rings. The van der Waals surface area contributed by atoms with Crippen LogP contribution in [-0.4, -0.2) is 30.8 Å². The van der Waals surface area contributed by atoms with Gasteiger partial charge in [-0.1, -0.05) is 6.92 Å². The molecule has 4 nitrogen and oxygen atoms in total. The quantitative estimate of drug-likeness (QED) is 0.765. The topological polar surface area (TPSA) is 46.2 Å². The molecule has 96 valence electrons. The Kier molecular flexibility index (Phi) is 5.22. The molecule has 0 atom stereocenters. The molecular formula is C13H23N3O. The molecule has 0 saturated heterocycles. The average Bonchev–Trinajstić information content (AvgIpc) is 2.26. The molecule has 17 heavy (non-hydrogen) atoms. The molecule has 0 amide bonds. The van der Waals surface area contributed by atoms with Gasteiger partial charge in [0, 0.05) is 31.6 Å². The Morgan fingerprint density at radius 3 is 2.82 bits per heavy atom. The van der Waals surface area contributed by atoms with Crippen LogP contribution in [-0.2, 0) is 4.74 Å². The van der Waals surface area contributed by atoms with E-state index in [9.17, 15) is 0 Å². The van der Waals surface area contributed by atoms with Crippen LogP contribution in [0, 0.1) is 0 Å². The highest BCUT2D eigenvalue weighted by Crippen LogP contribution is 2.17. The highest BCUT2D eigenvalue weighted by Gasteiger charge is 2.16. The third-order valence-electron chi connectivity index (χ3n) is 2.30. The van der Waals surface area contributed by atoms with Crippen LogP contribution in [0.1, 0.15) is 27.2 Å². The van der Waals surface area contributed by atoms with Gasteiger partial charge in [0.2, 0.25) is 0 Å². The summed E-state index contributed by atoms with van der Waals surface area (Å²) in [5, 5.41) is 6.70. The first-order valence-corrected chi connectivity index (χ1v) is 6.04. The molecule has 1 aromatic rings. The number of hydrogen-bond donors (Lipinski definition) is 2. The van der Waals surface area contributed by atoms with Crippen LogP contribution in [0.25, 0.3) is 0 Å². The number of nitrogens with zero attached hydrogens (tertiary/aromatic N) is 1. The first-order valence-electron chi connectivity index (χ1n) is 6.04. The van der Waals surface area contributed by atoms with Gasteiger partial charge in [-0.15, -0.1) is 0 Å². The SMILES string of the molecule is CCCNc1cc(NC(C)(C)COC)ccn1. The summed E-state index contributed by atoms with van der Waals surface area (Å²) in [6, 6.07) is 3.99. The number of rotatable bonds is 7. The second-order valence-corrected chi connectivity index (χ2v) is 4.80. The summed E-state index contributed by atoms with van der Waals surface area (Å²) in [5.41, 5.74) is 0.971. The fraction of sp³-hybridized carbons (Fsp3) is 0.615. The van der Waals surface area contributed by atoms with E-state index in [0.29, 0.717) is 6.61 Å². The molecule has 1 heterocycles. The predicted molar refractivity (Wildman–Crippen MR) is 72.6 cm³/mol. The number of aromatic nitrogens is 1. The monoisotopic (exact) mass is 237 g/mol.